The maximum absolute atomic E-state index is 13.2. The molecule has 2 aromatic rings. The van der Waals surface area contributed by atoms with Crippen molar-refractivity contribution in [3.8, 4) is 11.1 Å². The van der Waals surface area contributed by atoms with Crippen LogP contribution in [0.4, 0.5) is 4.39 Å². The molecule has 0 aliphatic heterocycles. The highest BCUT2D eigenvalue weighted by Crippen LogP contribution is 2.21. The molecule has 0 spiro atoms. The quantitative estimate of drug-likeness (QED) is 0.860. The van der Waals surface area contributed by atoms with E-state index in [1.54, 1.807) is 13.0 Å². The predicted octanol–water partition coefficient (Wildman–Crippen LogP) is 2.93. The first-order chi connectivity index (χ1) is 10.1. The first kappa shape index (κ1) is 15.2. The molecule has 0 amide bonds. The van der Waals surface area contributed by atoms with E-state index in [-0.39, 0.29) is 5.82 Å². The average molecular weight is 287 g/mol. The first-order valence-corrected chi connectivity index (χ1v) is 6.87. The van der Waals surface area contributed by atoms with Gasteiger partial charge in [0, 0.05) is 0 Å². The van der Waals surface area contributed by atoms with Crippen LogP contribution in [-0.2, 0) is 16.0 Å². The topological polar surface area (TPSA) is 52.3 Å². The highest BCUT2D eigenvalue weighted by Gasteiger charge is 2.14. The molecule has 0 aromatic heterocycles. The third-order valence-electron chi connectivity index (χ3n) is 3.16. The van der Waals surface area contributed by atoms with Crippen LogP contribution >= 0.6 is 0 Å². The molecule has 1 atom stereocenters. The Bertz CT molecular complexity index is 610. The molecule has 21 heavy (non-hydrogen) atoms. The number of carbonyl (C=O) groups excluding carboxylic acids is 1. The second kappa shape index (κ2) is 6.99. The largest absolute Gasteiger partial charge is 0.465 e. The summed E-state index contributed by atoms with van der Waals surface area (Å²) < 4.78 is 18.1. The maximum Gasteiger partial charge on any atom is 0.323 e. The normalized spacial score (nSPS) is 12.0. The number of nitrogens with two attached hydrogens (primary N) is 1. The SMILES string of the molecule is CCOC(=O)C(N)Cc1ccc(-c2cccc(F)c2)cc1. The van der Waals surface area contributed by atoms with Gasteiger partial charge in [0.25, 0.3) is 0 Å². The summed E-state index contributed by atoms with van der Waals surface area (Å²) in [6.45, 7) is 2.07. The molecule has 0 aliphatic rings. The Kier molecular flexibility index (Phi) is 5.06. The van der Waals surface area contributed by atoms with Crippen LogP contribution in [0, 0.1) is 5.82 Å². The molecule has 0 aliphatic carbocycles. The first-order valence-electron chi connectivity index (χ1n) is 6.87. The number of rotatable bonds is 5. The smallest absolute Gasteiger partial charge is 0.323 e. The van der Waals surface area contributed by atoms with Crippen LogP contribution in [0.25, 0.3) is 11.1 Å². The summed E-state index contributed by atoms with van der Waals surface area (Å²) in [6.07, 6.45) is 0.419. The van der Waals surface area contributed by atoms with Gasteiger partial charge in [0.2, 0.25) is 0 Å². The lowest BCUT2D eigenvalue weighted by molar-refractivity contribution is -0.144. The summed E-state index contributed by atoms with van der Waals surface area (Å²) in [5.41, 5.74) is 8.46. The van der Waals surface area contributed by atoms with E-state index in [1.807, 2.05) is 30.3 Å². The van der Waals surface area contributed by atoms with Crippen LogP contribution in [0.2, 0.25) is 0 Å². The van der Waals surface area contributed by atoms with E-state index in [9.17, 15) is 9.18 Å². The van der Waals surface area contributed by atoms with E-state index in [2.05, 4.69) is 0 Å². The lowest BCUT2D eigenvalue weighted by Gasteiger charge is -2.11. The number of halogens is 1. The van der Waals surface area contributed by atoms with E-state index in [0.717, 1.165) is 16.7 Å². The second-order valence-corrected chi connectivity index (χ2v) is 4.77. The lowest BCUT2D eigenvalue weighted by atomic mass is 10.0. The van der Waals surface area contributed by atoms with Crippen molar-refractivity contribution in [1.29, 1.82) is 0 Å². The highest BCUT2D eigenvalue weighted by atomic mass is 19.1. The van der Waals surface area contributed by atoms with Crippen LogP contribution < -0.4 is 5.73 Å². The van der Waals surface area contributed by atoms with Crippen LogP contribution in [0.5, 0.6) is 0 Å². The van der Waals surface area contributed by atoms with Crippen molar-refractivity contribution in [3.05, 3.63) is 59.9 Å². The molecule has 2 N–H and O–H groups in total. The lowest BCUT2D eigenvalue weighted by Crippen LogP contribution is -2.34. The van der Waals surface area contributed by atoms with Gasteiger partial charge in [0.15, 0.2) is 0 Å². The summed E-state index contributed by atoms with van der Waals surface area (Å²) in [5.74, 6) is -0.660. The summed E-state index contributed by atoms with van der Waals surface area (Å²) in [5, 5.41) is 0. The third kappa shape index (κ3) is 4.13. The van der Waals surface area contributed by atoms with E-state index in [4.69, 9.17) is 10.5 Å². The number of ether oxygens (including phenoxy) is 1. The van der Waals surface area contributed by atoms with Crippen LogP contribution in [0.1, 0.15) is 12.5 Å². The minimum atomic E-state index is -0.662. The second-order valence-electron chi connectivity index (χ2n) is 4.77. The van der Waals surface area contributed by atoms with E-state index < -0.39 is 12.0 Å². The van der Waals surface area contributed by atoms with E-state index in [1.165, 1.54) is 12.1 Å². The predicted molar refractivity (Wildman–Crippen MR) is 80.1 cm³/mol. The van der Waals surface area contributed by atoms with Crippen LogP contribution in [0.3, 0.4) is 0 Å². The molecule has 0 heterocycles. The van der Waals surface area contributed by atoms with Crippen molar-refractivity contribution in [2.24, 2.45) is 5.73 Å². The fraction of sp³-hybridized carbons (Fsp3) is 0.235. The van der Waals surface area contributed by atoms with Crippen LogP contribution in [0.15, 0.2) is 48.5 Å². The Morgan fingerprint density at radius 1 is 1.19 bits per heavy atom. The fourth-order valence-electron chi connectivity index (χ4n) is 2.09. The van der Waals surface area contributed by atoms with Gasteiger partial charge in [-0.1, -0.05) is 36.4 Å². The Labute approximate surface area is 123 Å². The van der Waals surface area contributed by atoms with E-state index >= 15 is 0 Å². The zero-order valence-corrected chi connectivity index (χ0v) is 11.9. The molecule has 110 valence electrons. The van der Waals surface area contributed by atoms with Gasteiger partial charge in [-0.2, -0.15) is 0 Å². The highest BCUT2D eigenvalue weighted by molar-refractivity contribution is 5.76. The van der Waals surface area contributed by atoms with Gasteiger partial charge < -0.3 is 10.5 Å². The average Bonchev–Trinajstić information content (AvgIpc) is 2.48. The monoisotopic (exact) mass is 287 g/mol. The summed E-state index contributed by atoms with van der Waals surface area (Å²) in [4.78, 5) is 11.5. The molecule has 0 fully saturated rings. The molecular weight excluding hydrogens is 269 g/mol. The molecule has 4 heteroatoms. The fourth-order valence-corrected chi connectivity index (χ4v) is 2.09. The minimum Gasteiger partial charge on any atom is -0.465 e. The molecule has 2 aromatic carbocycles. The van der Waals surface area contributed by atoms with Crippen molar-refractivity contribution in [2.45, 2.75) is 19.4 Å². The molecule has 0 saturated heterocycles. The molecule has 0 bridgehead atoms. The number of hydrogen-bond acceptors (Lipinski definition) is 3. The zero-order chi connectivity index (χ0) is 15.2. The molecule has 0 saturated carbocycles. The number of benzene rings is 2. The van der Waals surface area contributed by atoms with Gasteiger partial charge in [-0.15, -0.1) is 0 Å². The third-order valence-corrected chi connectivity index (χ3v) is 3.16. The summed E-state index contributed by atoms with van der Waals surface area (Å²) in [7, 11) is 0. The minimum absolute atomic E-state index is 0.263. The van der Waals surface area contributed by atoms with Gasteiger partial charge in [-0.3, -0.25) is 4.79 Å². The van der Waals surface area contributed by atoms with Crippen molar-refractivity contribution in [2.75, 3.05) is 6.61 Å². The number of carbonyl (C=O) groups is 1. The molecule has 0 radical (unpaired) electrons. The summed E-state index contributed by atoms with van der Waals surface area (Å²) in [6, 6.07) is 13.3. The molecule has 2 rings (SSSR count). The van der Waals surface area contributed by atoms with Gasteiger partial charge in [0.1, 0.15) is 11.9 Å². The van der Waals surface area contributed by atoms with Gasteiger partial charge >= 0.3 is 5.97 Å². The summed E-state index contributed by atoms with van der Waals surface area (Å²) >= 11 is 0. The number of esters is 1. The molecular formula is C17H18FNO2. The van der Waals surface area contributed by atoms with Gasteiger partial charge in [-0.05, 0) is 42.2 Å². The number of hydrogen-bond donors (Lipinski definition) is 1. The van der Waals surface area contributed by atoms with Crippen molar-refractivity contribution < 1.29 is 13.9 Å². The van der Waals surface area contributed by atoms with E-state index in [0.29, 0.717) is 13.0 Å². The Morgan fingerprint density at radius 3 is 2.52 bits per heavy atom. The standard InChI is InChI=1S/C17H18FNO2/c1-2-21-17(20)16(19)10-12-6-8-13(9-7-12)14-4-3-5-15(18)11-14/h3-9,11,16H,2,10,19H2,1H3. The Morgan fingerprint density at radius 2 is 1.90 bits per heavy atom. The molecule has 3 nitrogen and oxygen atoms in total. The molecule has 1 unspecified atom stereocenters. The van der Waals surface area contributed by atoms with Crippen molar-refractivity contribution in [3.63, 3.8) is 0 Å². The Hall–Kier alpha value is -2.20. The Balaban J connectivity index is 2.07. The van der Waals surface area contributed by atoms with Crippen molar-refractivity contribution in [1.82, 2.24) is 0 Å². The van der Waals surface area contributed by atoms with Crippen molar-refractivity contribution >= 4 is 5.97 Å². The maximum atomic E-state index is 13.2. The van der Waals surface area contributed by atoms with Gasteiger partial charge in [0.05, 0.1) is 6.61 Å². The van der Waals surface area contributed by atoms with Crippen LogP contribution in [-0.4, -0.2) is 18.6 Å². The zero-order valence-electron chi connectivity index (χ0n) is 11.9. The van der Waals surface area contributed by atoms with Gasteiger partial charge in [-0.25, -0.2) is 4.39 Å².